The molecular formula is C11H13BrFN. The summed E-state index contributed by atoms with van der Waals surface area (Å²) < 4.78 is 14.1. The van der Waals surface area contributed by atoms with Gasteiger partial charge in [-0.25, -0.2) is 4.39 Å². The molecule has 1 aromatic rings. The molecule has 0 heterocycles. The molecule has 0 aliphatic heterocycles. The minimum Gasteiger partial charge on any atom is -0.321 e. The average molecular weight is 258 g/mol. The van der Waals surface area contributed by atoms with Crippen LogP contribution in [0.15, 0.2) is 34.3 Å². The van der Waals surface area contributed by atoms with Crippen molar-refractivity contribution in [3.05, 3.63) is 45.7 Å². The number of hydrogen-bond donors (Lipinski definition) is 1. The molecule has 0 aliphatic rings. The Balaban J connectivity index is 3.02. The van der Waals surface area contributed by atoms with Gasteiger partial charge in [0.05, 0.1) is 6.04 Å². The van der Waals surface area contributed by atoms with E-state index in [0.29, 0.717) is 5.56 Å². The second-order valence-electron chi connectivity index (χ2n) is 3.44. The highest BCUT2D eigenvalue weighted by Gasteiger charge is 2.08. The van der Waals surface area contributed by atoms with Gasteiger partial charge in [-0.05, 0) is 26.0 Å². The van der Waals surface area contributed by atoms with Crippen LogP contribution in [0.3, 0.4) is 0 Å². The lowest BCUT2D eigenvalue weighted by atomic mass is 10.1. The lowest BCUT2D eigenvalue weighted by molar-refractivity contribution is 0.601. The highest BCUT2D eigenvalue weighted by molar-refractivity contribution is 9.10. The molecule has 1 atom stereocenters. The molecule has 3 heteroatoms. The molecule has 14 heavy (non-hydrogen) atoms. The molecule has 1 nitrogen and oxygen atoms in total. The quantitative estimate of drug-likeness (QED) is 0.806. The van der Waals surface area contributed by atoms with Crippen molar-refractivity contribution in [2.24, 2.45) is 5.73 Å². The van der Waals surface area contributed by atoms with Crippen LogP contribution >= 0.6 is 15.9 Å². The van der Waals surface area contributed by atoms with Crippen LogP contribution in [0, 0.1) is 5.82 Å². The molecule has 2 N–H and O–H groups in total. The summed E-state index contributed by atoms with van der Waals surface area (Å²) in [4.78, 5) is 0. The van der Waals surface area contributed by atoms with E-state index in [9.17, 15) is 4.39 Å². The molecular weight excluding hydrogens is 245 g/mol. The van der Waals surface area contributed by atoms with Gasteiger partial charge in [-0.3, -0.25) is 0 Å². The molecule has 0 bridgehead atoms. The van der Waals surface area contributed by atoms with Crippen LogP contribution in [0.5, 0.6) is 0 Å². The molecule has 1 unspecified atom stereocenters. The van der Waals surface area contributed by atoms with Gasteiger partial charge in [-0.2, -0.15) is 0 Å². The van der Waals surface area contributed by atoms with Gasteiger partial charge in [0.25, 0.3) is 0 Å². The van der Waals surface area contributed by atoms with Gasteiger partial charge in [-0.15, -0.1) is 0 Å². The fourth-order valence-electron chi connectivity index (χ4n) is 1.22. The van der Waals surface area contributed by atoms with E-state index < -0.39 is 0 Å². The molecule has 0 amide bonds. The van der Waals surface area contributed by atoms with Gasteiger partial charge in [0.2, 0.25) is 0 Å². The first kappa shape index (κ1) is 11.4. The topological polar surface area (TPSA) is 26.0 Å². The summed E-state index contributed by atoms with van der Waals surface area (Å²) in [5, 5.41) is 0. The summed E-state index contributed by atoms with van der Waals surface area (Å²) in [5.41, 5.74) is 7.42. The second kappa shape index (κ2) is 4.71. The van der Waals surface area contributed by atoms with Crippen molar-refractivity contribution in [3.8, 4) is 0 Å². The maximum atomic E-state index is 13.4. The van der Waals surface area contributed by atoms with E-state index in [1.54, 1.807) is 12.1 Å². The monoisotopic (exact) mass is 257 g/mol. The van der Waals surface area contributed by atoms with Crippen molar-refractivity contribution in [1.82, 2.24) is 0 Å². The Bertz CT molecular complexity index is 356. The first-order valence-electron chi connectivity index (χ1n) is 4.36. The molecule has 1 aromatic carbocycles. The highest BCUT2D eigenvalue weighted by atomic mass is 79.9. The van der Waals surface area contributed by atoms with Crippen molar-refractivity contribution < 1.29 is 4.39 Å². The van der Waals surface area contributed by atoms with Crippen molar-refractivity contribution in [2.75, 3.05) is 0 Å². The van der Waals surface area contributed by atoms with Crippen LogP contribution < -0.4 is 5.73 Å². The van der Waals surface area contributed by atoms with Crippen LogP contribution in [-0.4, -0.2) is 0 Å². The van der Waals surface area contributed by atoms with Gasteiger partial charge in [0, 0.05) is 10.0 Å². The normalized spacial score (nSPS) is 12.4. The molecule has 1 rings (SSSR count). The molecule has 0 aliphatic carbocycles. The minimum atomic E-state index is -0.368. The maximum absolute atomic E-state index is 13.4. The van der Waals surface area contributed by atoms with E-state index in [4.69, 9.17) is 5.73 Å². The molecule has 0 fully saturated rings. The SMILES string of the molecule is CC(C)=CC(N)c1ccc(Br)cc1F. The van der Waals surface area contributed by atoms with Crippen LogP contribution in [-0.2, 0) is 0 Å². The summed E-state index contributed by atoms with van der Waals surface area (Å²) in [6.45, 7) is 3.88. The van der Waals surface area contributed by atoms with E-state index in [1.165, 1.54) is 6.07 Å². The molecule has 76 valence electrons. The summed E-state index contributed by atoms with van der Waals surface area (Å²) in [5.74, 6) is -0.274. The Morgan fingerprint density at radius 1 is 1.50 bits per heavy atom. The largest absolute Gasteiger partial charge is 0.321 e. The van der Waals surface area contributed by atoms with Gasteiger partial charge in [0.15, 0.2) is 0 Å². The standard InChI is InChI=1S/C11H13BrFN/c1-7(2)5-11(14)9-4-3-8(12)6-10(9)13/h3-6,11H,14H2,1-2H3. The van der Waals surface area contributed by atoms with Crippen molar-refractivity contribution in [1.29, 1.82) is 0 Å². The highest BCUT2D eigenvalue weighted by Crippen LogP contribution is 2.21. The Morgan fingerprint density at radius 2 is 2.14 bits per heavy atom. The molecule has 0 saturated heterocycles. The van der Waals surface area contributed by atoms with E-state index in [2.05, 4.69) is 15.9 Å². The predicted octanol–water partition coefficient (Wildman–Crippen LogP) is 3.55. The fourth-order valence-corrected chi connectivity index (χ4v) is 1.55. The van der Waals surface area contributed by atoms with E-state index in [1.807, 2.05) is 19.9 Å². The summed E-state index contributed by atoms with van der Waals surface area (Å²) in [6.07, 6.45) is 1.84. The van der Waals surface area contributed by atoms with E-state index >= 15 is 0 Å². The summed E-state index contributed by atoms with van der Waals surface area (Å²) in [7, 11) is 0. The molecule has 0 aromatic heterocycles. The van der Waals surface area contributed by atoms with Gasteiger partial charge >= 0.3 is 0 Å². The Kier molecular flexibility index (Phi) is 3.84. The van der Waals surface area contributed by atoms with Gasteiger partial charge in [-0.1, -0.05) is 33.6 Å². The van der Waals surface area contributed by atoms with Gasteiger partial charge in [0.1, 0.15) is 5.82 Å². The first-order chi connectivity index (χ1) is 6.50. The Labute approximate surface area is 91.9 Å². The fraction of sp³-hybridized carbons (Fsp3) is 0.273. The van der Waals surface area contributed by atoms with Crippen molar-refractivity contribution in [3.63, 3.8) is 0 Å². The number of nitrogens with two attached hydrogens (primary N) is 1. The number of benzene rings is 1. The summed E-state index contributed by atoms with van der Waals surface area (Å²) in [6, 6.07) is 4.54. The zero-order valence-corrected chi connectivity index (χ0v) is 9.81. The van der Waals surface area contributed by atoms with Crippen LogP contribution in [0.25, 0.3) is 0 Å². The van der Waals surface area contributed by atoms with Gasteiger partial charge < -0.3 is 5.73 Å². The Hall–Kier alpha value is -0.670. The predicted molar refractivity (Wildman–Crippen MR) is 60.5 cm³/mol. The van der Waals surface area contributed by atoms with Crippen LogP contribution in [0.1, 0.15) is 25.5 Å². The number of hydrogen-bond acceptors (Lipinski definition) is 1. The maximum Gasteiger partial charge on any atom is 0.129 e. The van der Waals surface area contributed by atoms with Crippen molar-refractivity contribution in [2.45, 2.75) is 19.9 Å². The van der Waals surface area contributed by atoms with Crippen LogP contribution in [0.4, 0.5) is 4.39 Å². The molecule has 0 radical (unpaired) electrons. The number of allylic oxidation sites excluding steroid dienone is 1. The number of halogens is 2. The lowest BCUT2D eigenvalue weighted by Crippen LogP contribution is -2.09. The minimum absolute atomic E-state index is 0.274. The smallest absolute Gasteiger partial charge is 0.129 e. The lowest BCUT2D eigenvalue weighted by Gasteiger charge is -2.09. The first-order valence-corrected chi connectivity index (χ1v) is 5.15. The summed E-state index contributed by atoms with van der Waals surface area (Å²) >= 11 is 3.20. The third kappa shape index (κ3) is 2.93. The third-order valence-electron chi connectivity index (χ3n) is 1.83. The zero-order chi connectivity index (χ0) is 10.7. The van der Waals surface area contributed by atoms with E-state index in [-0.39, 0.29) is 11.9 Å². The second-order valence-corrected chi connectivity index (χ2v) is 4.35. The average Bonchev–Trinajstić information content (AvgIpc) is 2.01. The Morgan fingerprint density at radius 3 is 2.64 bits per heavy atom. The van der Waals surface area contributed by atoms with E-state index in [0.717, 1.165) is 10.0 Å². The van der Waals surface area contributed by atoms with Crippen LogP contribution in [0.2, 0.25) is 0 Å². The van der Waals surface area contributed by atoms with Crippen molar-refractivity contribution >= 4 is 15.9 Å². The zero-order valence-electron chi connectivity index (χ0n) is 8.22. The molecule has 0 saturated carbocycles. The third-order valence-corrected chi connectivity index (χ3v) is 2.33. The molecule has 0 spiro atoms. The number of rotatable bonds is 2.